The van der Waals surface area contributed by atoms with E-state index in [0.717, 1.165) is 13.1 Å². The van der Waals surface area contributed by atoms with E-state index >= 15 is 0 Å². The third-order valence-electron chi connectivity index (χ3n) is 2.48. The Morgan fingerprint density at radius 3 is 2.67 bits per heavy atom. The number of rotatable bonds is 2. The number of amides is 2. The summed E-state index contributed by atoms with van der Waals surface area (Å²) in [6.45, 7) is 3.55. The van der Waals surface area contributed by atoms with Gasteiger partial charge in [-0.3, -0.25) is 19.8 Å². The average molecular weight is 213 g/mol. The van der Waals surface area contributed by atoms with Crippen molar-refractivity contribution in [3.05, 3.63) is 0 Å². The molecule has 2 aliphatic rings. The number of carbonyl (C=O) groups is 2. The Balaban J connectivity index is 1.82. The minimum Gasteiger partial charge on any atom is -0.374 e. The number of carbonyl (C=O) groups excluding carboxylic acids is 2. The van der Waals surface area contributed by atoms with Crippen LogP contribution in [0.4, 0.5) is 0 Å². The molecule has 2 aliphatic heterocycles. The number of hydrogen-bond donors (Lipinski definition) is 2. The van der Waals surface area contributed by atoms with E-state index in [4.69, 9.17) is 4.74 Å². The number of nitrogens with one attached hydrogen (secondary N) is 2. The molecule has 0 aromatic carbocycles. The lowest BCUT2D eigenvalue weighted by Crippen LogP contribution is -2.55. The molecule has 6 nitrogen and oxygen atoms in total. The number of nitrogens with zero attached hydrogens (tertiary/aromatic N) is 1. The smallest absolute Gasteiger partial charge is 0.240 e. The second-order valence-corrected chi connectivity index (χ2v) is 3.84. The third kappa shape index (κ3) is 2.98. The van der Waals surface area contributed by atoms with Gasteiger partial charge < -0.3 is 10.1 Å². The van der Waals surface area contributed by atoms with Gasteiger partial charge in [-0.2, -0.15) is 0 Å². The highest BCUT2D eigenvalue weighted by atomic mass is 16.5. The molecule has 0 bridgehead atoms. The fourth-order valence-corrected chi connectivity index (χ4v) is 1.85. The Kier molecular flexibility index (Phi) is 3.30. The van der Waals surface area contributed by atoms with E-state index in [1.807, 2.05) is 4.90 Å². The molecule has 0 radical (unpaired) electrons. The van der Waals surface area contributed by atoms with E-state index in [-0.39, 0.29) is 31.0 Å². The maximum Gasteiger partial charge on any atom is 0.240 e. The SMILES string of the molecule is O=C1CN(CC2CNCCO2)CC(=O)N1. The maximum absolute atomic E-state index is 11.1. The second kappa shape index (κ2) is 4.69. The van der Waals surface area contributed by atoms with Crippen molar-refractivity contribution in [1.29, 1.82) is 0 Å². The van der Waals surface area contributed by atoms with Gasteiger partial charge in [-0.1, -0.05) is 0 Å². The van der Waals surface area contributed by atoms with Gasteiger partial charge in [-0.05, 0) is 0 Å². The molecular formula is C9H15N3O3. The van der Waals surface area contributed by atoms with E-state index in [9.17, 15) is 9.59 Å². The van der Waals surface area contributed by atoms with Gasteiger partial charge in [0, 0.05) is 19.6 Å². The fourth-order valence-electron chi connectivity index (χ4n) is 1.85. The van der Waals surface area contributed by atoms with E-state index in [0.29, 0.717) is 13.2 Å². The van der Waals surface area contributed by atoms with Crippen molar-refractivity contribution < 1.29 is 14.3 Å². The van der Waals surface area contributed by atoms with Gasteiger partial charge in [0.05, 0.1) is 25.8 Å². The standard InChI is InChI=1S/C9H15N3O3/c13-8-5-12(6-9(14)11-8)4-7-3-10-1-2-15-7/h7,10H,1-6H2,(H,11,13,14). The Bertz CT molecular complexity index is 247. The maximum atomic E-state index is 11.1. The molecule has 2 saturated heterocycles. The van der Waals surface area contributed by atoms with Gasteiger partial charge >= 0.3 is 0 Å². The molecule has 2 heterocycles. The van der Waals surface area contributed by atoms with E-state index in [1.165, 1.54) is 0 Å². The van der Waals surface area contributed by atoms with Crippen LogP contribution in [0, 0.1) is 0 Å². The van der Waals surface area contributed by atoms with Crippen LogP contribution in [0.1, 0.15) is 0 Å². The number of hydrogen-bond acceptors (Lipinski definition) is 5. The molecule has 0 aliphatic carbocycles. The zero-order valence-electron chi connectivity index (χ0n) is 8.49. The highest BCUT2D eigenvalue weighted by Gasteiger charge is 2.25. The molecule has 1 unspecified atom stereocenters. The van der Waals surface area contributed by atoms with Crippen LogP contribution in [-0.2, 0) is 14.3 Å². The Labute approximate surface area is 87.9 Å². The normalized spacial score (nSPS) is 28.9. The van der Waals surface area contributed by atoms with Gasteiger partial charge in [0.15, 0.2) is 0 Å². The molecule has 1 atom stereocenters. The van der Waals surface area contributed by atoms with Crippen LogP contribution in [-0.4, -0.2) is 62.1 Å². The minimum atomic E-state index is -0.227. The molecule has 2 rings (SSSR count). The lowest BCUT2D eigenvalue weighted by Gasteiger charge is -2.31. The summed E-state index contributed by atoms with van der Waals surface area (Å²) in [5.74, 6) is -0.454. The van der Waals surface area contributed by atoms with Crippen LogP contribution >= 0.6 is 0 Å². The van der Waals surface area contributed by atoms with Gasteiger partial charge in [-0.15, -0.1) is 0 Å². The molecule has 6 heteroatoms. The van der Waals surface area contributed by atoms with Crippen LogP contribution in [0.2, 0.25) is 0 Å². The first-order valence-electron chi connectivity index (χ1n) is 5.11. The predicted octanol–water partition coefficient (Wildman–Crippen LogP) is -2.07. The molecular weight excluding hydrogens is 198 g/mol. The fraction of sp³-hybridized carbons (Fsp3) is 0.778. The lowest BCUT2D eigenvalue weighted by atomic mass is 10.2. The summed E-state index contributed by atoms with van der Waals surface area (Å²) in [6, 6.07) is 0. The highest BCUT2D eigenvalue weighted by Crippen LogP contribution is 2.02. The molecule has 0 spiro atoms. The van der Waals surface area contributed by atoms with Crippen molar-refractivity contribution in [3.8, 4) is 0 Å². The van der Waals surface area contributed by atoms with Crippen LogP contribution in [0.15, 0.2) is 0 Å². The molecule has 2 N–H and O–H groups in total. The Hall–Kier alpha value is -0.980. The number of ether oxygens (including phenoxy) is 1. The van der Waals surface area contributed by atoms with Crippen molar-refractivity contribution >= 4 is 11.8 Å². The molecule has 0 aromatic rings. The number of piperazine rings is 1. The quantitative estimate of drug-likeness (QED) is 0.516. The van der Waals surface area contributed by atoms with E-state index in [1.54, 1.807) is 0 Å². The van der Waals surface area contributed by atoms with E-state index in [2.05, 4.69) is 10.6 Å². The summed E-state index contributed by atoms with van der Waals surface area (Å²) < 4.78 is 5.50. The first-order valence-corrected chi connectivity index (χ1v) is 5.11. The van der Waals surface area contributed by atoms with Gasteiger partial charge in [0.2, 0.25) is 11.8 Å². The van der Waals surface area contributed by atoms with Crippen LogP contribution < -0.4 is 10.6 Å². The lowest BCUT2D eigenvalue weighted by molar-refractivity contribution is -0.136. The summed E-state index contributed by atoms with van der Waals surface area (Å²) in [4.78, 5) is 24.0. The largest absolute Gasteiger partial charge is 0.374 e. The first-order chi connectivity index (χ1) is 7.24. The minimum absolute atomic E-state index is 0.0810. The number of imide groups is 1. The predicted molar refractivity (Wildman–Crippen MR) is 52.2 cm³/mol. The number of morpholine rings is 1. The average Bonchev–Trinajstić information content (AvgIpc) is 2.17. The van der Waals surface area contributed by atoms with Crippen molar-refractivity contribution in [2.24, 2.45) is 0 Å². The summed E-state index contributed by atoms with van der Waals surface area (Å²) in [5, 5.41) is 5.48. The van der Waals surface area contributed by atoms with Crippen molar-refractivity contribution in [2.45, 2.75) is 6.10 Å². The van der Waals surface area contributed by atoms with Crippen LogP contribution in [0.25, 0.3) is 0 Å². The molecule has 84 valence electrons. The van der Waals surface area contributed by atoms with Gasteiger partial charge in [0.25, 0.3) is 0 Å². The van der Waals surface area contributed by atoms with Gasteiger partial charge in [-0.25, -0.2) is 0 Å². The molecule has 0 aromatic heterocycles. The van der Waals surface area contributed by atoms with Gasteiger partial charge in [0.1, 0.15) is 0 Å². The zero-order valence-corrected chi connectivity index (χ0v) is 8.49. The molecule has 2 amide bonds. The molecule has 2 fully saturated rings. The van der Waals surface area contributed by atoms with Crippen molar-refractivity contribution in [3.63, 3.8) is 0 Å². The van der Waals surface area contributed by atoms with E-state index < -0.39 is 0 Å². The van der Waals surface area contributed by atoms with Crippen LogP contribution in [0.3, 0.4) is 0 Å². The molecule has 15 heavy (non-hydrogen) atoms. The molecule has 0 saturated carbocycles. The Morgan fingerprint density at radius 2 is 2.07 bits per heavy atom. The third-order valence-corrected chi connectivity index (χ3v) is 2.48. The summed E-state index contributed by atoms with van der Waals surface area (Å²) in [5.41, 5.74) is 0. The van der Waals surface area contributed by atoms with Crippen LogP contribution in [0.5, 0.6) is 0 Å². The first kappa shape index (κ1) is 10.5. The monoisotopic (exact) mass is 213 g/mol. The Morgan fingerprint density at radius 1 is 1.33 bits per heavy atom. The summed E-state index contributed by atoms with van der Waals surface area (Å²) in [6.07, 6.45) is 0.0810. The van der Waals surface area contributed by atoms with Crippen molar-refractivity contribution in [2.75, 3.05) is 39.3 Å². The second-order valence-electron chi connectivity index (χ2n) is 3.84. The highest BCUT2D eigenvalue weighted by molar-refractivity contribution is 5.99. The summed E-state index contributed by atoms with van der Waals surface area (Å²) >= 11 is 0. The van der Waals surface area contributed by atoms with Crippen molar-refractivity contribution in [1.82, 2.24) is 15.5 Å². The zero-order chi connectivity index (χ0) is 10.7. The topological polar surface area (TPSA) is 70.7 Å². The summed E-state index contributed by atoms with van der Waals surface area (Å²) in [7, 11) is 0.